The molecule has 0 aliphatic carbocycles. The van der Waals surface area contributed by atoms with E-state index in [4.69, 9.17) is 10.4 Å². The molecule has 4 nitrogen and oxygen atoms in total. The summed E-state index contributed by atoms with van der Waals surface area (Å²) in [5, 5.41) is 16.8. The fraction of sp³-hybridized carbons (Fsp3) is 0.444. The van der Waals surface area contributed by atoms with Crippen molar-refractivity contribution in [2.75, 3.05) is 13.2 Å². The summed E-state index contributed by atoms with van der Waals surface area (Å²) in [4.78, 5) is 14.5. The molecule has 13 heavy (non-hydrogen) atoms. The van der Waals surface area contributed by atoms with Gasteiger partial charge in [0.25, 0.3) is 0 Å². The number of aliphatic hydroxyl groups excluding tert-OH is 1. The second-order valence-electron chi connectivity index (χ2n) is 2.33. The first-order chi connectivity index (χ1) is 6.22. The quantitative estimate of drug-likeness (QED) is 0.380. The SMILES string of the molecule is CC(=O)/C(C#N)=C/CC=NCCO. The van der Waals surface area contributed by atoms with Gasteiger partial charge < -0.3 is 5.11 Å². The van der Waals surface area contributed by atoms with Crippen molar-refractivity contribution in [3.63, 3.8) is 0 Å². The third kappa shape index (κ3) is 5.76. The zero-order chi connectivity index (χ0) is 10.1. The summed E-state index contributed by atoms with van der Waals surface area (Å²) in [6.07, 6.45) is 3.53. The minimum Gasteiger partial charge on any atom is -0.394 e. The second kappa shape index (κ2) is 7.19. The van der Waals surface area contributed by atoms with E-state index in [0.29, 0.717) is 13.0 Å². The predicted octanol–water partition coefficient (Wildman–Crippen LogP) is 0.479. The van der Waals surface area contributed by atoms with Gasteiger partial charge in [0.1, 0.15) is 6.07 Å². The number of carbonyl (C=O) groups is 1. The molecule has 0 aromatic heterocycles. The van der Waals surface area contributed by atoms with Gasteiger partial charge in [-0.25, -0.2) is 0 Å². The lowest BCUT2D eigenvalue weighted by Crippen LogP contribution is -1.93. The lowest BCUT2D eigenvalue weighted by Gasteiger charge is -1.88. The number of carbonyl (C=O) groups excluding carboxylic acids is 1. The van der Waals surface area contributed by atoms with Crippen molar-refractivity contribution < 1.29 is 9.90 Å². The molecule has 0 saturated heterocycles. The highest BCUT2D eigenvalue weighted by molar-refractivity contribution is 5.97. The maximum atomic E-state index is 10.7. The van der Waals surface area contributed by atoms with Crippen molar-refractivity contribution in [2.45, 2.75) is 13.3 Å². The minimum absolute atomic E-state index is 0.0119. The molecule has 0 aliphatic heterocycles. The molecule has 0 fully saturated rings. The molecule has 0 radical (unpaired) electrons. The van der Waals surface area contributed by atoms with E-state index in [2.05, 4.69) is 4.99 Å². The number of aliphatic hydroxyl groups is 1. The van der Waals surface area contributed by atoms with Crippen LogP contribution in [0.5, 0.6) is 0 Å². The number of rotatable bonds is 5. The van der Waals surface area contributed by atoms with Crippen molar-refractivity contribution in [2.24, 2.45) is 4.99 Å². The van der Waals surface area contributed by atoms with Gasteiger partial charge in [-0.3, -0.25) is 9.79 Å². The van der Waals surface area contributed by atoms with Crippen molar-refractivity contribution in [1.29, 1.82) is 5.26 Å². The molecule has 70 valence electrons. The highest BCUT2D eigenvalue weighted by Gasteiger charge is 1.98. The van der Waals surface area contributed by atoms with Crippen LogP contribution in [0.25, 0.3) is 0 Å². The number of hydrogen-bond donors (Lipinski definition) is 1. The summed E-state index contributed by atoms with van der Waals surface area (Å²) in [5.74, 6) is -0.238. The smallest absolute Gasteiger partial charge is 0.169 e. The molecule has 0 unspecified atom stereocenters. The van der Waals surface area contributed by atoms with Crippen LogP contribution in [0.2, 0.25) is 0 Å². The van der Waals surface area contributed by atoms with E-state index >= 15 is 0 Å². The Labute approximate surface area is 77.2 Å². The molecular formula is C9H12N2O2. The van der Waals surface area contributed by atoms with Gasteiger partial charge >= 0.3 is 0 Å². The third-order valence-electron chi connectivity index (χ3n) is 1.29. The van der Waals surface area contributed by atoms with E-state index in [9.17, 15) is 4.79 Å². The van der Waals surface area contributed by atoms with Crippen LogP contribution in [0.4, 0.5) is 0 Å². The fourth-order valence-corrected chi connectivity index (χ4v) is 0.662. The number of allylic oxidation sites excluding steroid dienone is 2. The Bertz CT molecular complexity index is 261. The van der Waals surface area contributed by atoms with Gasteiger partial charge in [-0.1, -0.05) is 6.08 Å². The van der Waals surface area contributed by atoms with Crippen molar-refractivity contribution >= 4 is 12.0 Å². The Hall–Kier alpha value is -1.47. The summed E-state index contributed by atoms with van der Waals surface area (Å²) in [7, 11) is 0. The predicted molar refractivity (Wildman–Crippen MR) is 49.4 cm³/mol. The summed E-state index contributed by atoms with van der Waals surface area (Å²) in [5.41, 5.74) is 0.149. The summed E-state index contributed by atoms with van der Waals surface area (Å²) in [6.45, 7) is 1.72. The minimum atomic E-state index is -0.238. The van der Waals surface area contributed by atoms with Crippen LogP contribution in [0, 0.1) is 11.3 Å². The number of aliphatic imine (C=N–C) groups is 1. The molecule has 0 atom stereocenters. The molecule has 0 heterocycles. The van der Waals surface area contributed by atoms with Crippen LogP contribution in [-0.4, -0.2) is 30.3 Å². The number of Topliss-reactive ketones (excluding diaryl/α,β-unsaturated/α-hetero) is 1. The molecule has 4 heteroatoms. The first kappa shape index (κ1) is 11.5. The van der Waals surface area contributed by atoms with Gasteiger partial charge in [-0.2, -0.15) is 5.26 Å². The van der Waals surface area contributed by atoms with Crippen molar-refractivity contribution in [1.82, 2.24) is 0 Å². The average molecular weight is 180 g/mol. The van der Waals surface area contributed by atoms with Crippen LogP contribution >= 0.6 is 0 Å². The van der Waals surface area contributed by atoms with Gasteiger partial charge in [0, 0.05) is 12.6 Å². The van der Waals surface area contributed by atoms with E-state index < -0.39 is 0 Å². The number of nitrogens with zero attached hydrogens (tertiary/aromatic N) is 2. The van der Waals surface area contributed by atoms with Gasteiger partial charge in [0.2, 0.25) is 0 Å². The third-order valence-corrected chi connectivity index (χ3v) is 1.29. The zero-order valence-electron chi connectivity index (χ0n) is 7.53. The summed E-state index contributed by atoms with van der Waals surface area (Å²) in [6, 6.07) is 1.79. The molecule has 0 aromatic carbocycles. The monoisotopic (exact) mass is 180 g/mol. The maximum Gasteiger partial charge on any atom is 0.169 e. The van der Waals surface area contributed by atoms with Crippen molar-refractivity contribution in [3.8, 4) is 6.07 Å². The Morgan fingerprint density at radius 3 is 2.85 bits per heavy atom. The molecule has 0 rings (SSSR count). The van der Waals surface area contributed by atoms with E-state index in [1.54, 1.807) is 12.3 Å². The normalized spacial score (nSPS) is 11.6. The fourth-order valence-electron chi connectivity index (χ4n) is 0.662. The molecule has 0 amide bonds. The van der Waals surface area contributed by atoms with Crippen LogP contribution in [0.3, 0.4) is 0 Å². The van der Waals surface area contributed by atoms with Gasteiger partial charge in [0.05, 0.1) is 18.7 Å². The Balaban J connectivity index is 3.96. The topological polar surface area (TPSA) is 73.5 Å². The molecule has 0 bridgehead atoms. The van der Waals surface area contributed by atoms with Crippen LogP contribution in [0.15, 0.2) is 16.6 Å². The highest BCUT2D eigenvalue weighted by Crippen LogP contribution is 1.95. The van der Waals surface area contributed by atoms with Crippen LogP contribution in [-0.2, 0) is 4.79 Å². The van der Waals surface area contributed by atoms with E-state index in [1.807, 2.05) is 0 Å². The Kier molecular flexibility index (Phi) is 6.38. The molecule has 0 saturated carbocycles. The zero-order valence-corrected chi connectivity index (χ0v) is 7.53. The average Bonchev–Trinajstić information content (AvgIpc) is 2.10. The van der Waals surface area contributed by atoms with E-state index in [0.717, 1.165) is 0 Å². The molecule has 0 spiro atoms. The number of nitriles is 1. The lowest BCUT2D eigenvalue weighted by molar-refractivity contribution is -0.113. The van der Waals surface area contributed by atoms with E-state index in [-0.39, 0.29) is 18.0 Å². The molecule has 0 aromatic rings. The Morgan fingerprint density at radius 1 is 1.69 bits per heavy atom. The molecule has 1 N–H and O–H groups in total. The second-order valence-corrected chi connectivity index (χ2v) is 2.33. The van der Waals surface area contributed by atoms with Gasteiger partial charge in [0.15, 0.2) is 5.78 Å². The van der Waals surface area contributed by atoms with E-state index in [1.165, 1.54) is 13.0 Å². The summed E-state index contributed by atoms with van der Waals surface area (Å²) >= 11 is 0. The van der Waals surface area contributed by atoms with Gasteiger partial charge in [-0.15, -0.1) is 0 Å². The largest absolute Gasteiger partial charge is 0.394 e. The number of hydrogen-bond acceptors (Lipinski definition) is 4. The van der Waals surface area contributed by atoms with Gasteiger partial charge in [-0.05, 0) is 6.92 Å². The Morgan fingerprint density at radius 2 is 2.38 bits per heavy atom. The van der Waals surface area contributed by atoms with Crippen LogP contribution < -0.4 is 0 Å². The molecule has 0 aliphatic rings. The standard InChI is InChI=1S/C9H12N2O2/c1-8(13)9(7-10)3-2-4-11-5-6-12/h3-4,12H,2,5-6H2,1H3/b9-3+,11-4?. The first-order valence-corrected chi connectivity index (χ1v) is 3.92. The first-order valence-electron chi connectivity index (χ1n) is 3.92. The highest BCUT2D eigenvalue weighted by atomic mass is 16.3. The van der Waals surface area contributed by atoms with Crippen molar-refractivity contribution in [3.05, 3.63) is 11.6 Å². The maximum absolute atomic E-state index is 10.7. The van der Waals surface area contributed by atoms with Crippen LogP contribution in [0.1, 0.15) is 13.3 Å². The summed E-state index contributed by atoms with van der Waals surface area (Å²) < 4.78 is 0. The molecular weight excluding hydrogens is 168 g/mol. The lowest BCUT2D eigenvalue weighted by atomic mass is 10.2. The number of ketones is 1.